The molecule has 1 aromatic rings. The van der Waals surface area contributed by atoms with Crippen LogP contribution in [-0.4, -0.2) is 60.8 Å². The summed E-state index contributed by atoms with van der Waals surface area (Å²) < 4.78 is 18.7. The van der Waals surface area contributed by atoms with E-state index in [9.17, 15) is 14.0 Å². The summed E-state index contributed by atoms with van der Waals surface area (Å²) in [4.78, 5) is 27.7. The van der Waals surface area contributed by atoms with Crippen molar-refractivity contribution in [1.82, 2.24) is 15.1 Å². The zero-order valence-electron chi connectivity index (χ0n) is 14.7. The van der Waals surface area contributed by atoms with Crippen LogP contribution in [0.4, 0.5) is 14.0 Å². The Labute approximate surface area is 152 Å². The fourth-order valence-electron chi connectivity index (χ4n) is 4.47. The van der Waals surface area contributed by atoms with Gasteiger partial charge in [0.25, 0.3) is 0 Å². The second-order valence-electron chi connectivity index (χ2n) is 7.53. The van der Waals surface area contributed by atoms with Crippen LogP contribution in [0.2, 0.25) is 0 Å². The predicted octanol–water partition coefficient (Wildman–Crippen LogP) is 2.48. The molecule has 0 spiro atoms. The molecule has 3 fully saturated rings. The summed E-state index contributed by atoms with van der Waals surface area (Å²) in [6.45, 7) is 2.35. The van der Waals surface area contributed by atoms with Gasteiger partial charge in [-0.25, -0.2) is 14.0 Å². The highest BCUT2D eigenvalue weighted by Crippen LogP contribution is 2.40. The van der Waals surface area contributed by atoms with Gasteiger partial charge in [0.05, 0.1) is 6.04 Å². The highest BCUT2D eigenvalue weighted by Gasteiger charge is 2.40. The normalized spacial score (nSPS) is 24.3. The third-order valence-electron chi connectivity index (χ3n) is 5.98. The summed E-state index contributed by atoms with van der Waals surface area (Å²) in [6, 6.07) is 6.58. The molecule has 2 aliphatic heterocycles. The number of ether oxygens (including phenoxy) is 1. The fraction of sp³-hybridized carbons (Fsp3) is 0.579. The van der Waals surface area contributed by atoms with Gasteiger partial charge >= 0.3 is 12.1 Å². The van der Waals surface area contributed by atoms with E-state index in [1.807, 2.05) is 6.07 Å². The molecule has 3 amide bonds. The Morgan fingerprint density at radius 3 is 2.88 bits per heavy atom. The Bertz CT molecular complexity index is 705. The number of carbonyl (C=O) groups excluding carboxylic acids is 2. The van der Waals surface area contributed by atoms with Gasteiger partial charge in [-0.1, -0.05) is 25.0 Å². The number of cyclic esters (lactones) is 1. The molecule has 0 unspecified atom stereocenters. The highest BCUT2D eigenvalue weighted by atomic mass is 19.1. The predicted molar refractivity (Wildman–Crippen MR) is 93.4 cm³/mol. The monoisotopic (exact) mass is 361 g/mol. The molecule has 2 saturated heterocycles. The second-order valence-corrected chi connectivity index (χ2v) is 7.53. The van der Waals surface area contributed by atoms with Crippen LogP contribution >= 0.6 is 0 Å². The first-order valence-corrected chi connectivity index (χ1v) is 9.30. The zero-order chi connectivity index (χ0) is 18.1. The van der Waals surface area contributed by atoms with Gasteiger partial charge in [0.15, 0.2) is 0 Å². The van der Waals surface area contributed by atoms with E-state index < -0.39 is 0 Å². The summed E-state index contributed by atoms with van der Waals surface area (Å²) in [7, 11) is 0. The summed E-state index contributed by atoms with van der Waals surface area (Å²) >= 11 is 0. The number of hydrogen-bond acceptors (Lipinski definition) is 3. The number of halogens is 1. The Morgan fingerprint density at radius 1 is 1.31 bits per heavy atom. The maximum Gasteiger partial charge on any atom is 0.410 e. The van der Waals surface area contributed by atoms with Crippen molar-refractivity contribution in [2.45, 2.75) is 37.1 Å². The van der Waals surface area contributed by atoms with Crippen molar-refractivity contribution >= 4 is 12.1 Å². The van der Waals surface area contributed by atoms with Crippen LogP contribution in [0.25, 0.3) is 0 Å². The maximum atomic E-state index is 13.7. The van der Waals surface area contributed by atoms with Crippen molar-refractivity contribution in [2.75, 3.05) is 32.8 Å². The van der Waals surface area contributed by atoms with E-state index in [0.717, 1.165) is 31.2 Å². The minimum Gasteiger partial charge on any atom is -0.447 e. The van der Waals surface area contributed by atoms with Crippen LogP contribution in [0.3, 0.4) is 0 Å². The van der Waals surface area contributed by atoms with Crippen molar-refractivity contribution in [3.05, 3.63) is 35.6 Å². The van der Waals surface area contributed by atoms with Gasteiger partial charge in [-0.05, 0) is 30.5 Å². The number of hydrogen-bond donors (Lipinski definition) is 1. The lowest BCUT2D eigenvalue weighted by Gasteiger charge is -2.36. The smallest absolute Gasteiger partial charge is 0.410 e. The number of carbonyl (C=O) groups is 2. The van der Waals surface area contributed by atoms with Crippen LogP contribution in [0.15, 0.2) is 24.3 Å². The van der Waals surface area contributed by atoms with Gasteiger partial charge in [-0.15, -0.1) is 0 Å². The van der Waals surface area contributed by atoms with E-state index in [2.05, 4.69) is 5.32 Å². The Kier molecular flexibility index (Phi) is 4.46. The van der Waals surface area contributed by atoms with E-state index in [1.54, 1.807) is 21.9 Å². The molecule has 0 radical (unpaired) electrons. The van der Waals surface area contributed by atoms with Crippen LogP contribution in [0, 0.1) is 5.82 Å². The number of nitrogens with zero attached hydrogens (tertiary/aromatic N) is 2. The number of benzene rings is 1. The minimum atomic E-state index is -0.286. The average molecular weight is 361 g/mol. The first-order chi connectivity index (χ1) is 12.6. The first-order valence-electron chi connectivity index (χ1n) is 9.30. The molecule has 26 heavy (non-hydrogen) atoms. The third-order valence-corrected chi connectivity index (χ3v) is 5.98. The minimum absolute atomic E-state index is 0.0503. The van der Waals surface area contributed by atoms with E-state index in [1.165, 1.54) is 6.07 Å². The Balaban J connectivity index is 1.40. The molecule has 2 heterocycles. The topological polar surface area (TPSA) is 61.9 Å². The average Bonchev–Trinajstić information content (AvgIpc) is 3.27. The van der Waals surface area contributed by atoms with Crippen molar-refractivity contribution in [3.63, 3.8) is 0 Å². The van der Waals surface area contributed by atoms with E-state index in [0.29, 0.717) is 32.8 Å². The number of rotatable bonds is 3. The summed E-state index contributed by atoms with van der Waals surface area (Å²) in [6.07, 6.45) is 3.80. The SMILES string of the molecule is O=C(NCC1(c2cccc(F)c2)CCCC1)N1CCN2C(=O)OC[C@@H]2C1. The van der Waals surface area contributed by atoms with E-state index in [-0.39, 0.29) is 29.4 Å². The van der Waals surface area contributed by atoms with Gasteiger partial charge in [-0.3, -0.25) is 4.90 Å². The molecule has 6 nitrogen and oxygen atoms in total. The Hall–Kier alpha value is -2.31. The second kappa shape index (κ2) is 6.78. The lowest BCUT2D eigenvalue weighted by molar-refractivity contribution is 0.126. The summed E-state index contributed by atoms with van der Waals surface area (Å²) in [5, 5.41) is 3.06. The number of piperazine rings is 1. The third kappa shape index (κ3) is 3.10. The summed E-state index contributed by atoms with van der Waals surface area (Å²) in [5.41, 5.74) is 0.779. The first kappa shape index (κ1) is 17.1. The molecular formula is C19H24FN3O3. The van der Waals surface area contributed by atoms with Crippen molar-refractivity contribution in [2.24, 2.45) is 0 Å². The Morgan fingerprint density at radius 2 is 2.12 bits per heavy atom. The molecule has 1 atom stereocenters. The number of amides is 3. The lowest BCUT2D eigenvalue weighted by Crippen LogP contribution is -2.56. The van der Waals surface area contributed by atoms with Crippen molar-refractivity contribution in [1.29, 1.82) is 0 Å². The highest BCUT2D eigenvalue weighted by molar-refractivity contribution is 5.76. The molecule has 0 bridgehead atoms. The van der Waals surface area contributed by atoms with Gasteiger partial charge in [0.2, 0.25) is 0 Å². The quantitative estimate of drug-likeness (QED) is 0.900. The van der Waals surface area contributed by atoms with Crippen LogP contribution in [0.5, 0.6) is 0 Å². The zero-order valence-corrected chi connectivity index (χ0v) is 14.7. The van der Waals surface area contributed by atoms with Crippen molar-refractivity contribution < 1.29 is 18.7 Å². The molecule has 1 saturated carbocycles. The molecule has 0 aromatic heterocycles. The molecule has 140 valence electrons. The van der Waals surface area contributed by atoms with Crippen LogP contribution in [0.1, 0.15) is 31.2 Å². The maximum absolute atomic E-state index is 13.7. The van der Waals surface area contributed by atoms with Gasteiger partial charge in [-0.2, -0.15) is 0 Å². The van der Waals surface area contributed by atoms with E-state index >= 15 is 0 Å². The number of fused-ring (bicyclic) bond motifs is 1. The molecule has 4 rings (SSSR count). The lowest BCUT2D eigenvalue weighted by atomic mass is 9.79. The van der Waals surface area contributed by atoms with Crippen LogP contribution < -0.4 is 5.32 Å². The molecule has 1 aromatic carbocycles. The molecular weight excluding hydrogens is 337 g/mol. The number of nitrogens with one attached hydrogen (secondary N) is 1. The van der Waals surface area contributed by atoms with Gasteiger partial charge in [0.1, 0.15) is 12.4 Å². The van der Waals surface area contributed by atoms with Crippen LogP contribution in [-0.2, 0) is 10.2 Å². The van der Waals surface area contributed by atoms with E-state index in [4.69, 9.17) is 4.74 Å². The van der Waals surface area contributed by atoms with Gasteiger partial charge < -0.3 is 15.0 Å². The fourth-order valence-corrected chi connectivity index (χ4v) is 4.47. The molecule has 1 aliphatic carbocycles. The number of urea groups is 1. The van der Waals surface area contributed by atoms with Crippen molar-refractivity contribution in [3.8, 4) is 0 Å². The molecule has 7 heteroatoms. The standard InChI is InChI=1S/C19H24FN3O3/c20-15-5-3-4-14(10-15)19(6-1-2-7-19)13-21-17(24)22-8-9-23-16(11-22)12-26-18(23)25/h3-5,10,16H,1-2,6-9,11-13H2,(H,21,24)/t16-/m0/s1. The van der Waals surface area contributed by atoms with Gasteiger partial charge in [0, 0.05) is 31.6 Å². The largest absolute Gasteiger partial charge is 0.447 e. The molecule has 1 N–H and O–H groups in total. The molecule has 3 aliphatic rings. The summed E-state index contributed by atoms with van der Waals surface area (Å²) in [5.74, 6) is -0.234.